The van der Waals surface area contributed by atoms with Crippen molar-refractivity contribution in [1.82, 2.24) is 0 Å². The Kier molecular flexibility index (Phi) is 7.73. The molecule has 0 atom stereocenters. The maximum atomic E-state index is 10.9. The standard InChI is InChI=1S/C28H34O4/c1-5-28(31,6-2)25-11-12-26(20(4)13-25)22-9-7-19(3)27(15-22)32-18-21-8-10-23(16-29)24(14-21)17-30/h7-15,29-31H,5-6,16-18H2,1-4H3. The molecule has 0 aliphatic rings. The molecule has 0 aliphatic heterocycles. The number of hydrogen-bond acceptors (Lipinski definition) is 4. The summed E-state index contributed by atoms with van der Waals surface area (Å²) in [5.74, 6) is 0.807. The highest BCUT2D eigenvalue weighted by atomic mass is 16.5. The minimum Gasteiger partial charge on any atom is -0.489 e. The van der Waals surface area contributed by atoms with E-state index in [2.05, 4.69) is 37.3 Å². The van der Waals surface area contributed by atoms with E-state index >= 15 is 0 Å². The van der Waals surface area contributed by atoms with Crippen LogP contribution in [0.5, 0.6) is 5.75 Å². The fraction of sp³-hybridized carbons (Fsp3) is 0.357. The van der Waals surface area contributed by atoms with Crippen molar-refractivity contribution in [3.8, 4) is 16.9 Å². The van der Waals surface area contributed by atoms with Gasteiger partial charge in [0.05, 0.1) is 18.8 Å². The van der Waals surface area contributed by atoms with Gasteiger partial charge in [0.15, 0.2) is 0 Å². The van der Waals surface area contributed by atoms with E-state index in [0.717, 1.165) is 44.7 Å². The van der Waals surface area contributed by atoms with E-state index in [4.69, 9.17) is 4.74 Å². The van der Waals surface area contributed by atoms with Crippen LogP contribution in [0.15, 0.2) is 54.6 Å². The molecule has 3 aromatic rings. The summed E-state index contributed by atoms with van der Waals surface area (Å²) in [4.78, 5) is 0. The fourth-order valence-corrected chi connectivity index (χ4v) is 4.09. The molecule has 0 saturated heterocycles. The first-order valence-corrected chi connectivity index (χ1v) is 11.2. The van der Waals surface area contributed by atoms with Crippen LogP contribution in [0.25, 0.3) is 11.1 Å². The number of aliphatic hydroxyl groups is 3. The molecule has 3 N–H and O–H groups in total. The van der Waals surface area contributed by atoms with Gasteiger partial charge >= 0.3 is 0 Å². The number of aryl methyl sites for hydroxylation is 2. The van der Waals surface area contributed by atoms with Crippen molar-refractivity contribution in [2.24, 2.45) is 0 Å². The molecule has 0 bridgehead atoms. The lowest BCUT2D eigenvalue weighted by atomic mass is 9.86. The first kappa shape index (κ1) is 24.0. The molecular weight excluding hydrogens is 400 g/mol. The molecule has 4 nitrogen and oxygen atoms in total. The summed E-state index contributed by atoms with van der Waals surface area (Å²) in [5, 5.41) is 29.8. The molecule has 0 spiro atoms. The number of benzene rings is 3. The molecule has 0 fully saturated rings. The molecule has 170 valence electrons. The average Bonchev–Trinajstić information content (AvgIpc) is 2.82. The second kappa shape index (κ2) is 10.3. The van der Waals surface area contributed by atoms with Crippen molar-refractivity contribution in [3.63, 3.8) is 0 Å². The lowest BCUT2D eigenvalue weighted by Crippen LogP contribution is -2.23. The molecule has 3 aromatic carbocycles. The molecule has 0 aliphatic carbocycles. The summed E-state index contributed by atoms with van der Waals surface area (Å²) in [5.41, 5.74) is 6.90. The van der Waals surface area contributed by atoms with Crippen molar-refractivity contribution >= 4 is 0 Å². The van der Waals surface area contributed by atoms with Crippen LogP contribution in [0.2, 0.25) is 0 Å². The summed E-state index contributed by atoms with van der Waals surface area (Å²) in [6.45, 7) is 8.29. The van der Waals surface area contributed by atoms with E-state index in [0.29, 0.717) is 25.0 Å². The van der Waals surface area contributed by atoms with Crippen LogP contribution >= 0.6 is 0 Å². The minimum absolute atomic E-state index is 0.0930. The second-order valence-corrected chi connectivity index (χ2v) is 8.46. The quantitative estimate of drug-likeness (QED) is 0.413. The summed E-state index contributed by atoms with van der Waals surface area (Å²) >= 11 is 0. The molecule has 3 rings (SSSR count). The fourth-order valence-electron chi connectivity index (χ4n) is 4.09. The molecule has 4 heteroatoms. The van der Waals surface area contributed by atoms with Crippen LogP contribution in [0.4, 0.5) is 0 Å². The zero-order valence-electron chi connectivity index (χ0n) is 19.5. The van der Waals surface area contributed by atoms with Gasteiger partial charge in [-0.15, -0.1) is 0 Å². The Morgan fingerprint density at radius 2 is 1.50 bits per heavy atom. The van der Waals surface area contributed by atoms with Crippen molar-refractivity contribution in [1.29, 1.82) is 0 Å². The summed E-state index contributed by atoms with van der Waals surface area (Å²) in [7, 11) is 0. The van der Waals surface area contributed by atoms with Gasteiger partial charge in [-0.3, -0.25) is 0 Å². The molecular formula is C28H34O4. The third-order valence-electron chi connectivity index (χ3n) is 6.44. The summed E-state index contributed by atoms with van der Waals surface area (Å²) in [6, 6.07) is 18.0. The van der Waals surface area contributed by atoms with Crippen molar-refractivity contribution in [3.05, 3.63) is 88.0 Å². The SMILES string of the molecule is CCC(O)(CC)c1ccc(-c2ccc(C)c(OCc3ccc(CO)c(CO)c3)c2)c(C)c1. The Labute approximate surface area is 191 Å². The topological polar surface area (TPSA) is 69.9 Å². The van der Waals surface area contributed by atoms with Crippen LogP contribution < -0.4 is 4.74 Å². The molecule has 0 aromatic heterocycles. The van der Waals surface area contributed by atoms with Crippen LogP contribution in [0.1, 0.15) is 60.1 Å². The molecule has 0 amide bonds. The van der Waals surface area contributed by atoms with E-state index in [1.165, 1.54) is 0 Å². The Hall–Kier alpha value is -2.66. The van der Waals surface area contributed by atoms with Gasteiger partial charge in [0.25, 0.3) is 0 Å². The zero-order valence-corrected chi connectivity index (χ0v) is 19.5. The van der Waals surface area contributed by atoms with Gasteiger partial charge in [0.2, 0.25) is 0 Å². The Morgan fingerprint density at radius 1 is 0.781 bits per heavy atom. The normalized spacial score (nSPS) is 11.6. The monoisotopic (exact) mass is 434 g/mol. The Morgan fingerprint density at radius 3 is 2.12 bits per heavy atom. The average molecular weight is 435 g/mol. The number of rotatable bonds is 9. The van der Waals surface area contributed by atoms with E-state index < -0.39 is 5.60 Å². The van der Waals surface area contributed by atoms with Gasteiger partial charge in [-0.1, -0.05) is 56.3 Å². The predicted octanol–water partition coefficient (Wildman–Crippen LogP) is 5.54. The third kappa shape index (κ3) is 5.04. The molecule has 0 unspecified atom stereocenters. The Bertz CT molecular complexity index is 1070. The van der Waals surface area contributed by atoms with Gasteiger partial charge in [0, 0.05) is 0 Å². The van der Waals surface area contributed by atoms with Crippen LogP contribution in [-0.4, -0.2) is 15.3 Å². The van der Waals surface area contributed by atoms with Crippen LogP contribution in [0, 0.1) is 13.8 Å². The first-order valence-electron chi connectivity index (χ1n) is 11.2. The largest absolute Gasteiger partial charge is 0.489 e. The first-order chi connectivity index (χ1) is 15.3. The van der Waals surface area contributed by atoms with Crippen LogP contribution in [0.3, 0.4) is 0 Å². The maximum Gasteiger partial charge on any atom is 0.123 e. The summed E-state index contributed by atoms with van der Waals surface area (Å²) < 4.78 is 6.13. The number of aliphatic hydroxyl groups excluding tert-OH is 2. The minimum atomic E-state index is -0.788. The van der Waals surface area contributed by atoms with Gasteiger partial charge in [-0.05, 0) is 83.3 Å². The van der Waals surface area contributed by atoms with Crippen LogP contribution in [-0.2, 0) is 25.4 Å². The third-order valence-corrected chi connectivity index (χ3v) is 6.44. The maximum absolute atomic E-state index is 10.9. The second-order valence-electron chi connectivity index (χ2n) is 8.46. The Balaban J connectivity index is 1.85. The highest BCUT2D eigenvalue weighted by Crippen LogP contribution is 2.34. The van der Waals surface area contributed by atoms with E-state index in [-0.39, 0.29) is 13.2 Å². The lowest BCUT2D eigenvalue weighted by Gasteiger charge is -2.26. The predicted molar refractivity (Wildman–Crippen MR) is 128 cm³/mol. The lowest BCUT2D eigenvalue weighted by molar-refractivity contribution is 0.0283. The van der Waals surface area contributed by atoms with Crippen molar-refractivity contribution in [2.75, 3.05) is 0 Å². The van der Waals surface area contributed by atoms with Crippen molar-refractivity contribution < 1.29 is 20.1 Å². The van der Waals surface area contributed by atoms with E-state index in [1.54, 1.807) is 0 Å². The molecule has 0 heterocycles. The number of ether oxygens (including phenoxy) is 1. The number of hydrogen-bond donors (Lipinski definition) is 3. The van der Waals surface area contributed by atoms with E-state index in [1.807, 2.05) is 45.0 Å². The molecule has 0 saturated carbocycles. The highest BCUT2D eigenvalue weighted by Gasteiger charge is 2.25. The van der Waals surface area contributed by atoms with Crippen molar-refractivity contribution in [2.45, 2.75) is 66.0 Å². The molecule has 32 heavy (non-hydrogen) atoms. The summed E-state index contributed by atoms with van der Waals surface area (Å²) in [6.07, 6.45) is 1.37. The van der Waals surface area contributed by atoms with E-state index in [9.17, 15) is 15.3 Å². The van der Waals surface area contributed by atoms with Gasteiger partial charge in [-0.2, -0.15) is 0 Å². The smallest absolute Gasteiger partial charge is 0.123 e. The van der Waals surface area contributed by atoms with Gasteiger partial charge < -0.3 is 20.1 Å². The highest BCUT2D eigenvalue weighted by molar-refractivity contribution is 5.70. The van der Waals surface area contributed by atoms with Gasteiger partial charge in [-0.25, -0.2) is 0 Å². The van der Waals surface area contributed by atoms with Gasteiger partial charge in [0.1, 0.15) is 12.4 Å². The zero-order chi connectivity index (χ0) is 23.3. The molecule has 0 radical (unpaired) electrons.